The van der Waals surface area contributed by atoms with Crippen LogP contribution in [0.5, 0.6) is 0 Å². The summed E-state index contributed by atoms with van der Waals surface area (Å²) in [6, 6.07) is 0. The Bertz CT molecular complexity index is 322. The number of rotatable bonds is 33. The van der Waals surface area contributed by atoms with Crippen LogP contribution in [0.15, 0.2) is 0 Å². The fourth-order valence-electron chi connectivity index (χ4n) is 5.69. The maximum absolute atomic E-state index is 2.32. The van der Waals surface area contributed by atoms with Gasteiger partial charge >= 0.3 is 0 Å². The Balaban J connectivity index is 3.87. The number of hydrogen-bond acceptors (Lipinski definition) is 0. The Morgan fingerprint density at radius 1 is 0.216 bits per heavy atom. The molecule has 0 nitrogen and oxygen atoms in total. The lowest BCUT2D eigenvalue weighted by Gasteiger charge is -2.10. The predicted molar refractivity (Wildman–Crippen MR) is 177 cm³/mol. The molecule has 1 heteroatoms. The Morgan fingerprint density at radius 3 is 0.568 bits per heavy atom. The van der Waals surface area contributed by atoms with Gasteiger partial charge in [-0.2, -0.15) is 0 Å². The third kappa shape index (κ3) is 32.5. The van der Waals surface area contributed by atoms with Gasteiger partial charge in [-0.05, 0) is 49.4 Å². The van der Waals surface area contributed by atoms with Crippen LogP contribution in [0, 0.1) is 0 Å². The predicted octanol–water partition coefficient (Wildman–Crippen LogP) is 13.4. The molecule has 0 saturated carbocycles. The van der Waals surface area contributed by atoms with E-state index in [-0.39, 0.29) is 0 Å². The van der Waals surface area contributed by atoms with Gasteiger partial charge in [0, 0.05) is 0 Å². The van der Waals surface area contributed by atoms with Gasteiger partial charge in [0.2, 0.25) is 0 Å². The van der Waals surface area contributed by atoms with Crippen LogP contribution in [-0.2, 0) is 10.9 Å². The second-order valence-corrected chi connectivity index (χ2v) is 14.7. The quantitative estimate of drug-likeness (QED) is 0.0574. The van der Waals surface area contributed by atoms with Crippen molar-refractivity contribution in [1.82, 2.24) is 0 Å². The summed E-state index contributed by atoms with van der Waals surface area (Å²) in [5.41, 5.74) is 0. The van der Waals surface area contributed by atoms with E-state index in [9.17, 15) is 0 Å². The smallest absolute Gasteiger partial charge is 0.0654 e. The summed E-state index contributed by atoms with van der Waals surface area (Å²) in [4.78, 5) is 0. The van der Waals surface area contributed by atoms with Gasteiger partial charge in [0.1, 0.15) is 17.3 Å². The van der Waals surface area contributed by atoms with Crippen LogP contribution >= 0.6 is 0 Å². The van der Waals surface area contributed by atoms with Crippen LogP contribution in [0.1, 0.15) is 213 Å². The molecule has 0 aliphatic heterocycles. The van der Waals surface area contributed by atoms with E-state index in [4.69, 9.17) is 0 Å². The second-order valence-electron chi connectivity index (χ2n) is 12.3. The van der Waals surface area contributed by atoms with E-state index in [1.165, 1.54) is 193 Å². The van der Waals surface area contributed by atoms with E-state index in [1.807, 2.05) is 0 Å². The Kier molecular flexibility index (Phi) is 34.7. The Morgan fingerprint density at radius 2 is 0.378 bits per heavy atom. The molecule has 0 aliphatic rings. The largest absolute Gasteiger partial charge is 0.108 e. The van der Waals surface area contributed by atoms with Gasteiger partial charge in [-0.1, -0.05) is 175 Å². The van der Waals surface area contributed by atoms with E-state index in [0.717, 1.165) is 10.9 Å². The summed E-state index contributed by atoms with van der Waals surface area (Å²) in [6.45, 7) is 6.96. The van der Waals surface area contributed by atoms with Crippen LogP contribution in [-0.4, -0.2) is 17.3 Å². The molecule has 0 N–H and O–H groups in total. The Labute approximate surface area is 241 Å². The van der Waals surface area contributed by atoms with Crippen LogP contribution in [0.4, 0.5) is 0 Å². The SMILES string of the molecule is CCCCCCCCCCCC[S+](CCCCCCCCCCCC)CCCCCCCCCCCC. The molecular weight excluding hydrogens is 464 g/mol. The van der Waals surface area contributed by atoms with Crippen LogP contribution in [0.25, 0.3) is 0 Å². The molecule has 0 unspecified atom stereocenters. The highest BCUT2D eigenvalue weighted by atomic mass is 32.2. The first-order chi connectivity index (χ1) is 18.3. The van der Waals surface area contributed by atoms with Crippen molar-refractivity contribution in [3.05, 3.63) is 0 Å². The second kappa shape index (κ2) is 34.4. The lowest BCUT2D eigenvalue weighted by atomic mass is 10.1. The summed E-state index contributed by atoms with van der Waals surface area (Å²) in [7, 11) is 0.738. The van der Waals surface area contributed by atoms with Gasteiger partial charge < -0.3 is 0 Å². The van der Waals surface area contributed by atoms with Gasteiger partial charge in [0.15, 0.2) is 0 Å². The molecule has 0 atom stereocenters. The topological polar surface area (TPSA) is 0 Å². The van der Waals surface area contributed by atoms with E-state index < -0.39 is 0 Å². The van der Waals surface area contributed by atoms with Crippen LogP contribution in [0.2, 0.25) is 0 Å². The molecule has 0 aromatic heterocycles. The fraction of sp³-hybridized carbons (Fsp3) is 1.00. The zero-order valence-corrected chi connectivity index (χ0v) is 27.6. The molecule has 0 bridgehead atoms. The summed E-state index contributed by atoms with van der Waals surface area (Å²) < 4.78 is 0. The average molecular weight is 540 g/mol. The van der Waals surface area contributed by atoms with Crippen molar-refractivity contribution in [1.29, 1.82) is 0 Å². The highest BCUT2D eigenvalue weighted by Crippen LogP contribution is 2.17. The van der Waals surface area contributed by atoms with Gasteiger partial charge in [-0.25, -0.2) is 0 Å². The minimum atomic E-state index is 0.738. The van der Waals surface area contributed by atoms with Crippen molar-refractivity contribution in [3.8, 4) is 0 Å². The number of hydrogen-bond donors (Lipinski definition) is 0. The standard InChI is InChI=1S/C36H75S/c1-4-7-10-13-16-19-22-25-28-31-34-37(35-32-29-26-23-20-17-14-11-8-5-2)36-33-30-27-24-21-18-15-12-9-6-3/h4-36H2,1-3H3/q+1. The summed E-state index contributed by atoms with van der Waals surface area (Å²) in [6.07, 6.45) is 44.3. The molecule has 0 aromatic rings. The van der Waals surface area contributed by atoms with Crippen molar-refractivity contribution in [2.45, 2.75) is 213 Å². The molecule has 0 heterocycles. The number of unbranched alkanes of at least 4 members (excludes halogenated alkanes) is 27. The van der Waals surface area contributed by atoms with E-state index >= 15 is 0 Å². The van der Waals surface area contributed by atoms with Gasteiger partial charge in [0.25, 0.3) is 0 Å². The first kappa shape index (κ1) is 37.4. The van der Waals surface area contributed by atoms with Crippen molar-refractivity contribution in [2.24, 2.45) is 0 Å². The van der Waals surface area contributed by atoms with Crippen molar-refractivity contribution < 1.29 is 0 Å². The average Bonchev–Trinajstić information content (AvgIpc) is 2.91. The lowest BCUT2D eigenvalue weighted by Crippen LogP contribution is -2.17. The van der Waals surface area contributed by atoms with Crippen molar-refractivity contribution in [3.63, 3.8) is 0 Å². The molecule has 0 rings (SSSR count). The van der Waals surface area contributed by atoms with E-state index in [1.54, 1.807) is 17.3 Å². The molecule has 0 aromatic carbocycles. The zero-order chi connectivity index (χ0) is 26.9. The van der Waals surface area contributed by atoms with E-state index in [2.05, 4.69) is 20.8 Å². The Hall–Kier alpha value is 0.350. The van der Waals surface area contributed by atoms with Gasteiger partial charge in [0.05, 0.1) is 0 Å². The van der Waals surface area contributed by atoms with Crippen LogP contribution < -0.4 is 0 Å². The van der Waals surface area contributed by atoms with Gasteiger partial charge in [-0.3, -0.25) is 0 Å². The highest BCUT2D eigenvalue weighted by molar-refractivity contribution is 7.96. The van der Waals surface area contributed by atoms with E-state index in [0.29, 0.717) is 0 Å². The molecule has 224 valence electrons. The van der Waals surface area contributed by atoms with Crippen LogP contribution in [0.3, 0.4) is 0 Å². The molecule has 0 spiro atoms. The molecule has 0 radical (unpaired) electrons. The lowest BCUT2D eigenvalue weighted by molar-refractivity contribution is 0.560. The first-order valence-corrected chi connectivity index (χ1v) is 19.7. The molecule has 0 fully saturated rings. The first-order valence-electron chi connectivity index (χ1n) is 18.0. The molecule has 0 aliphatic carbocycles. The van der Waals surface area contributed by atoms with Gasteiger partial charge in [-0.15, -0.1) is 0 Å². The third-order valence-electron chi connectivity index (χ3n) is 8.36. The zero-order valence-electron chi connectivity index (χ0n) is 26.7. The summed E-state index contributed by atoms with van der Waals surface area (Å²) in [5.74, 6) is 4.68. The fourth-order valence-corrected chi connectivity index (χ4v) is 8.14. The molecule has 0 amide bonds. The maximum Gasteiger partial charge on any atom is 0.108 e. The summed E-state index contributed by atoms with van der Waals surface area (Å²) >= 11 is 0. The normalized spacial score (nSPS) is 11.7. The minimum Gasteiger partial charge on any atom is -0.0654 e. The van der Waals surface area contributed by atoms with Crippen molar-refractivity contribution >= 4 is 10.9 Å². The third-order valence-corrected chi connectivity index (χ3v) is 11.0. The van der Waals surface area contributed by atoms with Crippen molar-refractivity contribution in [2.75, 3.05) is 17.3 Å². The minimum absolute atomic E-state index is 0.738. The molecular formula is C36H75S+. The maximum atomic E-state index is 2.32. The molecule has 0 saturated heterocycles. The summed E-state index contributed by atoms with van der Waals surface area (Å²) in [5, 5.41) is 0. The monoisotopic (exact) mass is 540 g/mol. The highest BCUT2D eigenvalue weighted by Gasteiger charge is 2.16. The molecule has 37 heavy (non-hydrogen) atoms.